The Morgan fingerprint density at radius 1 is 1.16 bits per heavy atom. The molecule has 2 aliphatic rings. The maximum absolute atomic E-state index is 13.4. The molecule has 3 amide bonds. The summed E-state index contributed by atoms with van der Waals surface area (Å²) in [5.41, 5.74) is 1.65. The number of benzene rings is 1. The Hall–Kier alpha value is -3.29. The quantitative estimate of drug-likeness (QED) is 0.815. The van der Waals surface area contributed by atoms with E-state index in [0.717, 1.165) is 6.42 Å². The van der Waals surface area contributed by atoms with Crippen LogP contribution in [0.1, 0.15) is 29.6 Å². The highest BCUT2D eigenvalue weighted by Crippen LogP contribution is 2.28. The molecule has 31 heavy (non-hydrogen) atoms. The van der Waals surface area contributed by atoms with E-state index in [9.17, 15) is 18.8 Å². The molecule has 2 atom stereocenters. The van der Waals surface area contributed by atoms with Gasteiger partial charge in [-0.3, -0.25) is 19.4 Å². The lowest BCUT2D eigenvalue weighted by atomic mass is 10.1. The van der Waals surface area contributed by atoms with E-state index < -0.39 is 0 Å². The largest absolute Gasteiger partial charge is 0.349 e. The molecule has 1 aliphatic heterocycles. The van der Waals surface area contributed by atoms with Gasteiger partial charge in [-0.2, -0.15) is 0 Å². The van der Waals surface area contributed by atoms with Crippen molar-refractivity contribution in [1.29, 1.82) is 0 Å². The van der Waals surface area contributed by atoms with E-state index in [1.165, 1.54) is 18.3 Å². The van der Waals surface area contributed by atoms with Gasteiger partial charge in [0.1, 0.15) is 5.82 Å². The first-order valence-corrected chi connectivity index (χ1v) is 10.5. The maximum Gasteiger partial charge on any atom is 0.253 e. The van der Waals surface area contributed by atoms with E-state index in [4.69, 9.17) is 0 Å². The summed E-state index contributed by atoms with van der Waals surface area (Å²) in [4.78, 5) is 44.8. The van der Waals surface area contributed by atoms with Crippen molar-refractivity contribution in [3.05, 3.63) is 54.0 Å². The molecule has 4 rings (SSSR count). The Morgan fingerprint density at radius 3 is 2.71 bits per heavy atom. The van der Waals surface area contributed by atoms with E-state index in [1.54, 1.807) is 41.1 Å². The third-order valence-corrected chi connectivity index (χ3v) is 6.03. The van der Waals surface area contributed by atoms with E-state index in [0.29, 0.717) is 42.8 Å². The fourth-order valence-electron chi connectivity index (χ4n) is 4.16. The molecule has 2 aromatic rings. The lowest BCUT2D eigenvalue weighted by molar-refractivity contribution is -0.146. The average molecular weight is 424 g/mol. The number of pyridine rings is 1. The molecule has 162 valence electrons. The number of piperazine rings is 1. The summed E-state index contributed by atoms with van der Waals surface area (Å²) in [5, 5.41) is 2.98. The SMILES string of the molecule is CN1CCN(C(=O)[C@@H]2CC[C@H](NC(=O)c3ccc(-c4cccc(F)c4)nc3)C2)CC1=O. The summed E-state index contributed by atoms with van der Waals surface area (Å²) in [6.45, 7) is 1.24. The summed E-state index contributed by atoms with van der Waals surface area (Å²) in [5.74, 6) is -0.801. The molecule has 2 fully saturated rings. The van der Waals surface area contributed by atoms with Crippen LogP contribution in [0.25, 0.3) is 11.3 Å². The molecule has 1 aromatic carbocycles. The Morgan fingerprint density at radius 2 is 2.00 bits per heavy atom. The normalized spacial score (nSPS) is 21.3. The highest BCUT2D eigenvalue weighted by atomic mass is 19.1. The van der Waals surface area contributed by atoms with Crippen LogP contribution in [0.2, 0.25) is 0 Å². The summed E-state index contributed by atoms with van der Waals surface area (Å²) >= 11 is 0. The fourth-order valence-corrected chi connectivity index (χ4v) is 4.16. The smallest absolute Gasteiger partial charge is 0.253 e. The summed E-state index contributed by atoms with van der Waals surface area (Å²) in [7, 11) is 1.74. The van der Waals surface area contributed by atoms with Crippen molar-refractivity contribution in [2.24, 2.45) is 5.92 Å². The van der Waals surface area contributed by atoms with Gasteiger partial charge in [-0.1, -0.05) is 12.1 Å². The van der Waals surface area contributed by atoms with Crippen molar-refractivity contribution in [3.8, 4) is 11.3 Å². The van der Waals surface area contributed by atoms with Gasteiger partial charge in [0.05, 0.1) is 17.8 Å². The van der Waals surface area contributed by atoms with E-state index in [2.05, 4.69) is 10.3 Å². The highest BCUT2D eigenvalue weighted by Gasteiger charge is 2.35. The number of halogens is 1. The van der Waals surface area contributed by atoms with Crippen molar-refractivity contribution in [3.63, 3.8) is 0 Å². The lowest BCUT2D eigenvalue weighted by Gasteiger charge is -2.33. The molecule has 1 N–H and O–H groups in total. The molecule has 0 spiro atoms. The predicted molar refractivity (Wildman–Crippen MR) is 112 cm³/mol. The maximum atomic E-state index is 13.4. The van der Waals surface area contributed by atoms with Gasteiger partial charge in [-0.05, 0) is 43.5 Å². The van der Waals surface area contributed by atoms with E-state index in [1.807, 2.05) is 0 Å². The van der Waals surface area contributed by atoms with Crippen LogP contribution in [-0.2, 0) is 9.59 Å². The Kier molecular flexibility index (Phi) is 5.97. The number of likely N-dealkylation sites (N-methyl/N-ethyl adjacent to an activating group) is 1. The van der Waals surface area contributed by atoms with Crippen LogP contribution in [0, 0.1) is 11.7 Å². The van der Waals surface area contributed by atoms with Gasteiger partial charge in [0, 0.05) is 43.9 Å². The number of hydrogen-bond acceptors (Lipinski definition) is 4. The highest BCUT2D eigenvalue weighted by molar-refractivity contribution is 5.94. The van der Waals surface area contributed by atoms with Gasteiger partial charge >= 0.3 is 0 Å². The number of rotatable bonds is 4. The molecule has 0 bridgehead atoms. The third kappa shape index (κ3) is 4.73. The molecule has 8 heteroatoms. The topological polar surface area (TPSA) is 82.6 Å². The number of carbonyl (C=O) groups is 3. The molecule has 7 nitrogen and oxygen atoms in total. The summed E-state index contributed by atoms with van der Waals surface area (Å²) in [6.07, 6.45) is 3.46. The minimum Gasteiger partial charge on any atom is -0.349 e. The molecule has 0 unspecified atom stereocenters. The van der Waals surface area contributed by atoms with Crippen molar-refractivity contribution in [2.45, 2.75) is 25.3 Å². The second kappa shape index (κ2) is 8.83. The first-order valence-electron chi connectivity index (χ1n) is 10.5. The monoisotopic (exact) mass is 424 g/mol. The number of nitrogens with one attached hydrogen (secondary N) is 1. The summed E-state index contributed by atoms with van der Waals surface area (Å²) < 4.78 is 13.4. The van der Waals surface area contributed by atoms with Gasteiger partial charge in [-0.25, -0.2) is 4.39 Å². The van der Waals surface area contributed by atoms with Gasteiger partial charge in [0.2, 0.25) is 11.8 Å². The third-order valence-electron chi connectivity index (χ3n) is 6.03. The minimum atomic E-state index is -0.340. The molecule has 0 radical (unpaired) electrons. The summed E-state index contributed by atoms with van der Waals surface area (Å²) in [6, 6.07) is 9.40. The predicted octanol–water partition coefficient (Wildman–Crippen LogP) is 2.09. The van der Waals surface area contributed by atoms with Gasteiger partial charge < -0.3 is 15.1 Å². The number of aromatic nitrogens is 1. The van der Waals surface area contributed by atoms with E-state index >= 15 is 0 Å². The standard InChI is InChI=1S/C23H25FN4O3/c1-27-9-10-28(14-21(27)29)23(31)16-5-7-19(12-16)26-22(30)17-6-8-20(25-13-17)15-3-2-4-18(24)11-15/h2-4,6,8,11,13,16,19H,5,7,9-10,12,14H2,1H3,(H,26,30)/t16-,19+/m1/s1. The fraction of sp³-hybridized carbons (Fsp3) is 0.391. The molecule has 1 aromatic heterocycles. The van der Waals surface area contributed by atoms with Crippen LogP contribution in [0.3, 0.4) is 0 Å². The van der Waals surface area contributed by atoms with Crippen LogP contribution in [0.15, 0.2) is 42.6 Å². The zero-order valence-corrected chi connectivity index (χ0v) is 17.4. The molecule has 2 heterocycles. The minimum absolute atomic E-state index is 0.000637. The number of amides is 3. The number of nitrogens with zero attached hydrogens (tertiary/aromatic N) is 3. The number of carbonyl (C=O) groups excluding carboxylic acids is 3. The van der Waals surface area contributed by atoms with Crippen molar-refractivity contribution < 1.29 is 18.8 Å². The van der Waals surface area contributed by atoms with Crippen molar-refractivity contribution in [2.75, 3.05) is 26.7 Å². The molecule has 1 aliphatic carbocycles. The van der Waals surface area contributed by atoms with Crippen LogP contribution >= 0.6 is 0 Å². The zero-order valence-electron chi connectivity index (χ0n) is 17.4. The Labute approximate surface area is 180 Å². The number of hydrogen-bond donors (Lipinski definition) is 1. The van der Waals surface area contributed by atoms with Crippen LogP contribution < -0.4 is 5.32 Å². The van der Waals surface area contributed by atoms with Crippen molar-refractivity contribution >= 4 is 17.7 Å². The van der Waals surface area contributed by atoms with Crippen LogP contribution in [0.4, 0.5) is 4.39 Å². The molecule has 1 saturated heterocycles. The van der Waals surface area contributed by atoms with Crippen LogP contribution in [0.5, 0.6) is 0 Å². The molecule has 1 saturated carbocycles. The average Bonchev–Trinajstić information content (AvgIpc) is 3.23. The first-order chi connectivity index (χ1) is 14.9. The second-order valence-corrected chi connectivity index (χ2v) is 8.20. The molecular formula is C23H25FN4O3. The first kappa shape index (κ1) is 21.0. The lowest BCUT2D eigenvalue weighted by Crippen LogP contribution is -2.52. The Balaban J connectivity index is 1.32. The molecular weight excluding hydrogens is 399 g/mol. The van der Waals surface area contributed by atoms with Crippen molar-refractivity contribution in [1.82, 2.24) is 20.1 Å². The zero-order chi connectivity index (χ0) is 22.0. The second-order valence-electron chi connectivity index (χ2n) is 8.20. The van der Waals surface area contributed by atoms with Gasteiger partial charge in [0.15, 0.2) is 0 Å². The van der Waals surface area contributed by atoms with E-state index in [-0.39, 0.29) is 42.0 Å². The van der Waals surface area contributed by atoms with Gasteiger partial charge in [0.25, 0.3) is 5.91 Å². The van der Waals surface area contributed by atoms with Crippen LogP contribution in [-0.4, -0.2) is 65.2 Å². The Bertz CT molecular complexity index is 995. The van der Waals surface area contributed by atoms with Gasteiger partial charge in [-0.15, -0.1) is 0 Å².